The summed E-state index contributed by atoms with van der Waals surface area (Å²) in [4.78, 5) is 19.0. The smallest absolute Gasteiger partial charge is 0.410 e. The molecular weight excluding hydrogens is 428 g/mol. The van der Waals surface area contributed by atoms with Crippen molar-refractivity contribution < 1.29 is 22.7 Å². The molecule has 174 valence electrons. The predicted octanol–water partition coefficient (Wildman–Crippen LogP) is 4.49. The van der Waals surface area contributed by atoms with Gasteiger partial charge in [0.25, 0.3) is 0 Å². The van der Waals surface area contributed by atoms with Crippen LogP contribution >= 0.6 is 0 Å². The second-order valence-electron chi connectivity index (χ2n) is 9.25. The molecule has 1 aromatic heterocycles. The highest BCUT2D eigenvalue weighted by Gasteiger charge is 2.28. The fraction of sp³-hybridized carbons (Fsp3) is 0.500. The van der Waals surface area contributed by atoms with Crippen molar-refractivity contribution in [2.45, 2.75) is 63.6 Å². The second-order valence-corrected chi connectivity index (χ2v) is 11.3. The number of benzene rings is 1. The number of carbonyl (C=O) groups is 1. The normalized spacial score (nSPS) is 15.5. The summed E-state index contributed by atoms with van der Waals surface area (Å²) >= 11 is 0. The van der Waals surface area contributed by atoms with Crippen molar-refractivity contribution in [3.8, 4) is 5.75 Å². The van der Waals surface area contributed by atoms with Crippen LogP contribution in [-0.2, 0) is 21.2 Å². The van der Waals surface area contributed by atoms with Gasteiger partial charge in [0.15, 0.2) is 9.84 Å². The van der Waals surface area contributed by atoms with Gasteiger partial charge in [0.2, 0.25) is 0 Å². The number of pyridine rings is 1. The average Bonchev–Trinajstić information content (AvgIpc) is 2.71. The first kappa shape index (κ1) is 24.0. The molecule has 0 saturated carbocycles. The van der Waals surface area contributed by atoms with E-state index in [2.05, 4.69) is 6.07 Å². The Balaban J connectivity index is 1.56. The third-order valence-corrected chi connectivity index (χ3v) is 6.54. The molecule has 0 radical (unpaired) electrons. The van der Waals surface area contributed by atoms with Crippen molar-refractivity contribution in [1.29, 1.82) is 0 Å². The molecule has 1 aliphatic rings. The van der Waals surface area contributed by atoms with E-state index in [4.69, 9.17) is 14.5 Å². The van der Waals surface area contributed by atoms with Gasteiger partial charge in [-0.1, -0.05) is 6.07 Å². The molecule has 1 aliphatic heterocycles. The predicted molar refractivity (Wildman–Crippen MR) is 123 cm³/mol. The molecule has 0 unspecified atom stereocenters. The Labute approximate surface area is 190 Å². The van der Waals surface area contributed by atoms with Gasteiger partial charge in [-0.2, -0.15) is 0 Å². The van der Waals surface area contributed by atoms with E-state index >= 15 is 0 Å². The maximum atomic E-state index is 12.3. The number of likely N-dealkylation sites (tertiary alicyclic amines) is 1. The number of hydrogen-bond donors (Lipinski definition) is 0. The number of hydrogen-bond acceptors (Lipinski definition) is 6. The molecule has 0 atom stereocenters. The molecule has 2 aromatic rings. The highest BCUT2D eigenvalue weighted by atomic mass is 32.2. The van der Waals surface area contributed by atoms with E-state index < -0.39 is 15.4 Å². The van der Waals surface area contributed by atoms with Crippen molar-refractivity contribution in [3.05, 3.63) is 53.3 Å². The molecule has 8 heteroatoms. The van der Waals surface area contributed by atoms with Crippen molar-refractivity contribution in [3.63, 3.8) is 0 Å². The zero-order valence-corrected chi connectivity index (χ0v) is 20.2. The Kier molecular flexibility index (Phi) is 7.12. The number of carbonyl (C=O) groups excluding carboxylic acids is 1. The van der Waals surface area contributed by atoms with Crippen LogP contribution in [0.3, 0.4) is 0 Å². The topological polar surface area (TPSA) is 85.8 Å². The van der Waals surface area contributed by atoms with Gasteiger partial charge in [0.1, 0.15) is 18.0 Å². The molecule has 2 heterocycles. The van der Waals surface area contributed by atoms with E-state index in [0.29, 0.717) is 31.4 Å². The summed E-state index contributed by atoms with van der Waals surface area (Å²) in [6, 6.07) is 10.4. The number of aryl methyl sites for hydroxylation is 1. The average molecular weight is 461 g/mol. The number of ether oxygens (including phenoxy) is 2. The lowest BCUT2D eigenvalue weighted by Crippen LogP contribution is -2.41. The standard InChI is InChI=1S/C24H32N2O5S/c1-17-22(18-12-14-26(15-13-18)23(27)31-24(2,3)4)11-6-19(25-17)16-30-20-7-9-21(10-8-20)32(5,28)29/h6-11,18H,12-16H2,1-5H3. The minimum absolute atomic E-state index is 0.247. The summed E-state index contributed by atoms with van der Waals surface area (Å²) in [7, 11) is -3.22. The van der Waals surface area contributed by atoms with Crippen LogP contribution in [0.1, 0.15) is 56.5 Å². The summed E-state index contributed by atoms with van der Waals surface area (Å²) in [5.74, 6) is 0.954. The molecule has 1 saturated heterocycles. The SMILES string of the molecule is Cc1nc(COc2ccc(S(C)(=O)=O)cc2)ccc1C1CCN(C(=O)OC(C)(C)C)CC1. The first-order valence-corrected chi connectivity index (χ1v) is 12.7. The molecule has 1 amide bonds. The number of sulfone groups is 1. The van der Waals surface area contributed by atoms with Gasteiger partial charge in [0, 0.05) is 25.0 Å². The van der Waals surface area contributed by atoms with E-state index in [1.54, 1.807) is 17.0 Å². The van der Waals surface area contributed by atoms with E-state index in [-0.39, 0.29) is 11.0 Å². The Morgan fingerprint density at radius 3 is 2.25 bits per heavy atom. The number of nitrogens with zero attached hydrogens (tertiary/aromatic N) is 2. The first-order valence-electron chi connectivity index (χ1n) is 10.8. The lowest BCUT2D eigenvalue weighted by molar-refractivity contribution is 0.0204. The van der Waals surface area contributed by atoms with Crippen molar-refractivity contribution in [2.75, 3.05) is 19.3 Å². The minimum Gasteiger partial charge on any atom is -0.487 e. The van der Waals surface area contributed by atoms with E-state index in [0.717, 1.165) is 24.2 Å². The number of aromatic nitrogens is 1. The monoisotopic (exact) mass is 460 g/mol. The molecule has 3 rings (SSSR count). The quantitative estimate of drug-likeness (QED) is 0.654. The maximum Gasteiger partial charge on any atom is 0.410 e. The van der Waals surface area contributed by atoms with Crippen LogP contribution in [0.25, 0.3) is 0 Å². The van der Waals surface area contributed by atoms with E-state index in [9.17, 15) is 13.2 Å². The van der Waals surface area contributed by atoms with E-state index in [1.165, 1.54) is 24.0 Å². The van der Waals surface area contributed by atoms with Crippen LogP contribution in [0.2, 0.25) is 0 Å². The molecule has 1 aromatic carbocycles. The third-order valence-electron chi connectivity index (χ3n) is 5.41. The fourth-order valence-electron chi connectivity index (χ4n) is 3.78. The zero-order valence-electron chi connectivity index (χ0n) is 19.4. The first-order chi connectivity index (χ1) is 14.9. The Bertz CT molecular complexity index is 1050. The lowest BCUT2D eigenvalue weighted by Gasteiger charge is -2.34. The maximum absolute atomic E-state index is 12.3. The molecule has 32 heavy (non-hydrogen) atoms. The summed E-state index contributed by atoms with van der Waals surface area (Å²) in [5.41, 5.74) is 2.50. The molecule has 7 nitrogen and oxygen atoms in total. The van der Waals surface area contributed by atoms with Gasteiger partial charge in [-0.25, -0.2) is 13.2 Å². The largest absolute Gasteiger partial charge is 0.487 e. The highest BCUT2D eigenvalue weighted by molar-refractivity contribution is 7.90. The molecule has 0 aliphatic carbocycles. The second kappa shape index (κ2) is 9.48. The van der Waals surface area contributed by atoms with Crippen LogP contribution in [0.15, 0.2) is 41.3 Å². The van der Waals surface area contributed by atoms with Crippen LogP contribution < -0.4 is 4.74 Å². The molecular formula is C24H32N2O5S. The fourth-order valence-corrected chi connectivity index (χ4v) is 4.41. The summed E-state index contributed by atoms with van der Waals surface area (Å²) in [6.07, 6.45) is 2.69. The molecule has 0 N–H and O–H groups in total. The van der Waals surface area contributed by atoms with Crippen LogP contribution in [-0.4, -0.2) is 49.3 Å². The zero-order chi connectivity index (χ0) is 23.5. The van der Waals surface area contributed by atoms with Crippen molar-refractivity contribution >= 4 is 15.9 Å². The Hall–Kier alpha value is -2.61. The molecule has 0 spiro atoms. The number of rotatable bonds is 5. The van der Waals surface area contributed by atoms with Gasteiger partial charge >= 0.3 is 6.09 Å². The Morgan fingerprint density at radius 2 is 1.72 bits per heavy atom. The van der Waals surface area contributed by atoms with Gasteiger partial charge in [0.05, 0.1) is 10.6 Å². The third kappa shape index (κ3) is 6.45. The van der Waals surface area contributed by atoms with E-state index in [1.807, 2.05) is 33.8 Å². The van der Waals surface area contributed by atoms with Gasteiger partial charge in [-0.05, 0) is 82.3 Å². The van der Waals surface area contributed by atoms with Crippen LogP contribution in [0.5, 0.6) is 5.75 Å². The number of amides is 1. The molecule has 1 fully saturated rings. The van der Waals surface area contributed by atoms with Gasteiger partial charge < -0.3 is 14.4 Å². The Morgan fingerprint density at radius 1 is 1.09 bits per heavy atom. The van der Waals surface area contributed by atoms with Gasteiger partial charge in [-0.15, -0.1) is 0 Å². The van der Waals surface area contributed by atoms with Gasteiger partial charge in [-0.3, -0.25) is 4.98 Å². The van der Waals surface area contributed by atoms with Crippen molar-refractivity contribution in [2.24, 2.45) is 0 Å². The van der Waals surface area contributed by atoms with Crippen LogP contribution in [0.4, 0.5) is 4.79 Å². The number of piperidine rings is 1. The summed E-state index contributed by atoms with van der Waals surface area (Å²) < 4.78 is 34.3. The summed E-state index contributed by atoms with van der Waals surface area (Å²) in [5, 5.41) is 0. The lowest BCUT2D eigenvalue weighted by atomic mass is 9.88. The van der Waals surface area contributed by atoms with Crippen molar-refractivity contribution in [1.82, 2.24) is 9.88 Å². The summed E-state index contributed by atoms with van der Waals surface area (Å²) in [6.45, 7) is 9.28. The van der Waals surface area contributed by atoms with Crippen LogP contribution in [0, 0.1) is 6.92 Å². The molecule has 0 bridgehead atoms. The minimum atomic E-state index is -3.22. The highest BCUT2D eigenvalue weighted by Crippen LogP contribution is 2.30.